The van der Waals surface area contributed by atoms with Crippen LogP contribution in [0.5, 0.6) is 0 Å². The van der Waals surface area contributed by atoms with Gasteiger partial charge in [0.2, 0.25) is 11.7 Å². The van der Waals surface area contributed by atoms with E-state index < -0.39 is 0 Å². The molecule has 3 heterocycles. The van der Waals surface area contributed by atoms with Crippen molar-refractivity contribution in [2.24, 2.45) is 0 Å². The molecule has 4 aromatic rings. The predicted octanol–water partition coefficient (Wildman–Crippen LogP) is 2.53. The molecule has 27 heavy (non-hydrogen) atoms. The molecule has 4 rings (SSSR count). The second-order valence-corrected chi connectivity index (χ2v) is 6.65. The highest BCUT2D eigenvalue weighted by atomic mass is 16.1. The van der Waals surface area contributed by atoms with Crippen LogP contribution in [0.4, 0.5) is 5.95 Å². The van der Waals surface area contributed by atoms with Crippen molar-refractivity contribution in [2.75, 3.05) is 19.0 Å². The van der Waals surface area contributed by atoms with Crippen LogP contribution in [0.3, 0.4) is 0 Å². The van der Waals surface area contributed by atoms with Crippen molar-refractivity contribution in [3.63, 3.8) is 0 Å². The minimum absolute atomic E-state index is 0.0743. The molecule has 0 saturated heterocycles. The fourth-order valence-corrected chi connectivity index (χ4v) is 3.13. The molecule has 0 unspecified atom stereocenters. The zero-order valence-electron chi connectivity index (χ0n) is 15.5. The van der Waals surface area contributed by atoms with E-state index in [4.69, 9.17) is 0 Å². The first-order valence-electron chi connectivity index (χ1n) is 8.68. The van der Waals surface area contributed by atoms with Gasteiger partial charge in [0.15, 0.2) is 0 Å². The second kappa shape index (κ2) is 6.68. The second-order valence-electron chi connectivity index (χ2n) is 6.65. The third-order valence-electron chi connectivity index (χ3n) is 4.42. The van der Waals surface area contributed by atoms with Crippen molar-refractivity contribution in [2.45, 2.75) is 13.5 Å². The van der Waals surface area contributed by atoms with Crippen molar-refractivity contribution >= 4 is 28.7 Å². The van der Waals surface area contributed by atoms with Crippen molar-refractivity contribution in [1.29, 1.82) is 0 Å². The van der Waals surface area contributed by atoms with Gasteiger partial charge in [0.1, 0.15) is 0 Å². The lowest BCUT2D eigenvalue weighted by molar-refractivity contribution is 0.786. The number of benzene rings is 1. The number of rotatable bonds is 4. The predicted molar refractivity (Wildman–Crippen MR) is 107 cm³/mol. The minimum Gasteiger partial charge on any atom is -0.347 e. The van der Waals surface area contributed by atoms with Gasteiger partial charge in [0.05, 0.1) is 10.9 Å². The molecule has 0 fully saturated rings. The molecule has 7 heteroatoms. The molecule has 136 valence electrons. The normalized spacial score (nSPS) is 11.7. The first kappa shape index (κ1) is 17.0. The zero-order chi connectivity index (χ0) is 19.0. The summed E-state index contributed by atoms with van der Waals surface area (Å²) in [5.74, 6) is 1.21. The molecule has 0 saturated carbocycles. The Morgan fingerprint density at radius 2 is 2.04 bits per heavy atom. The standard InChI is InChI=1S/C20H20N6O/c1-14-8-9-17-16(12-14)18(27)25(11-5-7-15-6-4-10-21-13-15)20-23-22-19(24(2)3)26(17)20/h4-10,12-13H,11H2,1-3H3/b7-5+. The van der Waals surface area contributed by atoms with Crippen LogP contribution >= 0.6 is 0 Å². The average molecular weight is 360 g/mol. The van der Waals surface area contributed by atoms with Gasteiger partial charge in [-0.05, 0) is 30.7 Å². The summed E-state index contributed by atoms with van der Waals surface area (Å²) < 4.78 is 3.57. The third kappa shape index (κ3) is 2.97. The highest BCUT2D eigenvalue weighted by molar-refractivity contribution is 5.82. The molecular weight excluding hydrogens is 340 g/mol. The van der Waals surface area contributed by atoms with E-state index in [1.807, 2.05) is 72.8 Å². The Balaban J connectivity index is 1.92. The number of anilines is 1. The number of aryl methyl sites for hydroxylation is 1. The smallest absolute Gasteiger partial charge is 0.263 e. The van der Waals surface area contributed by atoms with Crippen LogP contribution in [-0.4, -0.2) is 38.2 Å². The maximum absolute atomic E-state index is 13.1. The molecule has 0 radical (unpaired) electrons. The minimum atomic E-state index is -0.0743. The highest BCUT2D eigenvalue weighted by Crippen LogP contribution is 2.19. The fraction of sp³-hybridized carbons (Fsp3) is 0.200. The van der Waals surface area contributed by atoms with Gasteiger partial charge in [-0.2, -0.15) is 0 Å². The van der Waals surface area contributed by atoms with E-state index >= 15 is 0 Å². The SMILES string of the molecule is Cc1ccc2c(c1)c(=O)n(C/C=C/c1cccnc1)c1nnc(N(C)C)n21. The number of hydrogen-bond acceptors (Lipinski definition) is 5. The van der Waals surface area contributed by atoms with Crippen molar-refractivity contribution < 1.29 is 0 Å². The first-order chi connectivity index (χ1) is 13.1. The highest BCUT2D eigenvalue weighted by Gasteiger charge is 2.17. The summed E-state index contributed by atoms with van der Waals surface area (Å²) in [7, 11) is 3.82. The van der Waals surface area contributed by atoms with Crippen molar-refractivity contribution in [1.82, 2.24) is 24.1 Å². The average Bonchev–Trinajstić information content (AvgIpc) is 3.10. The quantitative estimate of drug-likeness (QED) is 0.559. The van der Waals surface area contributed by atoms with E-state index in [0.29, 0.717) is 23.7 Å². The summed E-state index contributed by atoms with van der Waals surface area (Å²) >= 11 is 0. The summed E-state index contributed by atoms with van der Waals surface area (Å²) in [5.41, 5.74) is 2.75. The van der Waals surface area contributed by atoms with Gasteiger partial charge in [-0.3, -0.25) is 14.3 Å². The maximum atomic E-state index is 13.1. The topological polar surface area (TPSA) is 68.3 Å². The molecule has 0 N–H and O–H groups in total. The Kier molecular flexibility index (Phi) is 4.19. The third-order valence-corrected chi connectivity index (χ3v) is 4.42. The van der Waals surface area contributed by atoms with E-state index in [2.05, 4.69) is 15.2 Å². The van der Waals surface area contributed by atoms with Crippen LogP contribution in [0.2, 0.25) is 0 Å². The van der Waals surface area contributed by atoms with E-state index in [9.17, 15) is 4.79 Å². The van der Waals surface area contributed by atoms with Crippen LogP contribution in [0, 0.1) is 6.92 Å². The van der Waals surface area contributed by atoms with Crippen LogP contribution < -0.4 is 10.5 Å². The molecule has 7 nitrogen and oxygen atoms in total. The lowest BCUT2D eigenvalue weighted by Gasteiger charge is -2.13. The maximum Gasteiger partial charge on any atom is 0.263 e. The lowest BCUT2D eigenvalue weighted by Crippen LogP contribution is -2.24. The first-order valence-corrected chi connectivity index (χ1v) is 8.68. The molecule has 1 aromatic carbocycles. The summed E-state index contributed by atoms with van der Waals surface area (Å²) in [6.45, 7) is 2.38. The fourth-order valence-electron chi connectivity index (χ4n) is 3.13. The number of nitrogens with zero attached hydrogens (tertiary/aromatic N) is 6. The number of allylic oxidation sites excluding steroid dienone is 1. The Labute approximate surface area is 156 Å². The Morgan fingerprint density at radius 3 is 2.78 bits per heavy atom. The van der Waals surface area contributed by atoms with E-state index in [1.54, 1.807) is 17.0 Å². The van der Waals surface area contributed by atoms with E-state index in [-0.39, 0.29) is 5.56 Å². The van der Waals surface area contributed by atoms with Gasteiger partial charge in [0.25, 0.3) is 5.56 Å². The molecule has 0 aliphatic carbocycles. The van der Waals surface area contributed by atoms with Crippen molar-refractivity contribution in [3.8, 4) is 0 Å². The number of hydrogen-bond donors (Lipinski definition) is 0. The number of fused-ring (bicyclic) bond motifs is 3. The Hall–Kier alpha value is -3.48. The van der Waals surface area contributed by atoms with Crippen LogP contribution in [0.25, 0.3) is 22.8 Å². The molecule has 0 bridgehead atoms. The van der Waals surface area contributed by atoms with Crippen LogP contribution in [-0.2, 0) is 6.54 Å². The Bertz CT molecular complexity index is 1200. The van der Waals surface area contributed by atoms with Gasteiger partial charge < -0.3 is 4.90 Å². The van der Waals surface area contributed by atoms with E-state index in [0.717, 1.165) is 16.6 Å². The molecule has 0 aliphatic rings. The molecular formula is C20H20N6O. The Morgan fingerprint density at radius 1 is 1.19 bits per heavy atom. The van der Waals surface area contributed by atoms with Gasteiger partial charge in [-0.25, -0.2) is 4.40 Å². The molecule has 0 spiro atoms. The van der Waals surface area contributed by atoms with Crippen LogP contribution in [0.15, 0.2) is 53.6 Å². The lowest BCUT2D eigenvalue weighted by atomic mass is 10.1. The van der Waals surface area contributed by atoms with Gasteiger partial charge in [-0.1, -0.05) is 29.8 Å². The zero-order valence-corrected chi connectivity index (χ0v) is 15.5. The molecule has 0 aliphatic heterocycles. The van der Waals surface area contributed by atoms with Crippen molar-refractivity contribution in [3.05, 3.63) is 70.3 Å². The molecule has 0 atom stereocenters. The largest absolute Gasteiger partial charge is 0.347 e. The van der Waals surface area contributed by atoms with Crippen LogP contribution in [0.1, 0.15) is 11.1 Å². The summed E-state index contributed by atoms with van der Waals surface area (Å²) in [6, 6.07) is 9.70. The monoisotopic (exact) mass is 360 g/mol. The number of aromatic nitrogens is 5. The van der Waals surface area contributed by atoms with Gasteiger partial charge in [-0.15, -0.1) is 10.2 Å². The summed E-state index contributed by atoms with van der Waals surface area (Å²) in [5, 5.41) is 9.22. The summed E-state index contributed by atoms with van der Waals surface area (Å²) in [6.07, 6.45) is 7.39. The van der Waals surface area contributed by atoms with E-state index in [1.165, 1.54) is 0 Å². The van der Waals surface area contributed by atoms with Gasteiger partial charge >= 0.3 is 0 Å². The summed E-state index contributed by atoms with van der Waals surface area (Å²) in [4.78, 5) is 19.1. The molecule has 0 amide bonds. The number of pyridine rings is 1. The van der Waals surface area contributed by atoms with Gasteiger partial charge in [0, 0.05) is 33.0 Å². The molecule has 3 aromatic heterocycles.